The van der Waals surface area contributed by atoms with Crippen LogP contribution < -0.4 is 0 Å². The fraction of sp³-hybridized carbons (Fsp3) is 0.385. The predicted octanol–water partition coefficient (Wildman–Crippen LogP) is 5.49. The zero-order valence-corrected chi connectivity index (χ0v) is 23.9. The number of alkyl halides is 3. The molecule has 0 spiro atoms. The highest BCUT2D eigenvalue weighted by Gasteiger charge is 2.68. The average molecular weight is 675 g/mol. The third-order valence-electron chi connectivity index (χ3n) is 7.59. The van der Waals surface area contributed by atoms with Crippen LogP contribution in [-0.4, -0.2) is 55.1 Å². The number of amides is 3. The Bertz CT molecular complexity index is 1230. The second-order valence-electron chi connectivity index (χ2n) is 9.51. The Labute approximate surface area is 239 Å². The van der Waals surface area contributed by atoms with Gasteiger partial charge in [0.2, 0.25) is 0 Å². The van der Waals surface area contributed by atoms with E-state index >= 15 is 0 Å². The molecule has 2 aliphatic carbocycles. The van der Waals surface area contributed by atoms with E-state index in [2.05, 4.69) is 31.9 Å². The van der Waals surface area contributed by atoms with Crippen molar-refractivity contribution in [1.29, 1.82) is 0 Å². The molecule has 0 N–H and O–H groups in total. The lowest BCUT2D eigenvalue weighted by Gasteiger charge is -2.36. The van der Waals surface area contributed by atoms with Crippen LogP contribution in [0.15, 0.2) is 48.5 Å². The summed E-state index contributed by atoms with van der Waals surface area (Å²) >= 11 is 19.4. The summed E-state index contributed by atoms with van der Waals surface area (Å²) in [6.07, 6.45) is 0.690. The van der Waals surface area contributed by atoms with Gasteiger partial charge >= 0.3 is 0 Å². The Hall–Kier alpha value is -1.81. The Kier molecular flexibility index (Phi) is 7.53. The van der Waals surface area contributed by atoms with Crippen molar-refractivity contribution in [1.82, 2.24) is 10.0 Å². The molecule has 194 valence electrons. The van der Waals surface area contributed by atoms with Gasteiger partial charge in [0, 0.05) is 31.7 Å². The molecule has 0 radical (unpaired) electrons. The first-order chi connectivity index (χ1) is 17.6. The summed E-state index contributed by atoms with van der Waals surface area (Å²) in [4.78, 5) is 55.3. The van der Waals surface area contributed by atoms with Gasteiger partial charge < -0.3 is 0 Å². The summed E-state index contributed by atoms with van der Waals surface area (Å²) in [6.45, 7) is 0. The summed E-state index contributed by atoms with van der Waals surface area (Å²) in [5.41, 5.74) is 0.277. The molecule has 0 unspecified atom stereocenters. The standard InChI is InChI=1S/C26H21Br2Cl2FN2O4/c27-21-16-11-17(22(21)28)20-19(16)25(36)33(26(20)37)32(24(35)13-1-5-14(30)6-2-13)18(9-10-29)23(34)12-3-7-15(31)8-4-12/h1-8,16-22H,9-11H2/t16-,17-,18+,19-,20+,21+,22+/m1/s1. The number of hydrazine groups is 1. The van der Waals surface area contributed by atoms with Crippen LogP contribution in [0.4, 0.5) is 4.39 Å². The number of hydrogen-bond donors (Lipinski definition) is 0. The van der Waals surface area contributed by atoms with E-state index in [1.807, 2.05) is 0 Å². The molecule has 2 aromatic rings. The Morgan fingerprint density at radius 2 is 1.46 bits per heavy atom. The summed E-state index contributed by atoms with van der Waals surface area (Å²) in [5, 5.41) is 2.23. The molecule has 37 heavy (non-hydrogen) atoms. The summed E-state index contributed by atoms with van der Waals surface area (Å²) in [5.74, 6) is -4.14. The fourth-order valence-electron chi connectivity index (χ4n) is 5.92. The minimum Gasteiger partial charge on any atom is -0.292 e. The van der Waals surface area contributed by atoms with Gasteiger partial charge in [0.1, 0.15) is 11.9 Å². The van der Waals surface area contributed by atoms with Gasteiger partial charge in [-0.25, -0.2) is 9.40 Å². The van der Waals surface area contributed by atoms with Gasteiger partial charge in [0.15, 0.2) is 5.78 Å². The van der Waals surface area contributed by atoms with E-state index in [4.69, 9.17) is 23.2 Å². The highest BCUT2D eigenvalue weighted by Crippen LogP contribution is 2.60. The first-order valence-corrected chi connectivity index (χ1v) is 14.5. The van der Waals surface area contributed by atoms with Crippen LogP contribution in [0.2, 0.25) is 5.02 Å². The number of ketones is 1. The van der Waals surface area contributed by atoms with Gasteiger partial charge in [-0.05, 0) is 73.2 Å². The van der Waals surface area contributed by atoms with Crippen molar-refractivity contribution in [3.05, 3.63) is 70.5 Å². The van der Waals surface area contributed by atoms with Crippen LogP contribution in [-0.2, 0) is 9.59 Å². The van der Waals surface area contributed by atoms with Crippen molar-refractivity contribution in [2.24, 2.45) is 23.7 Å². The fourth-order valence-corrected chi connectivity index (χ4v) is 8.12. The zero-order valence-electron chi connectivity index (χ0n) is 19.2. The maximum absolute atomic E-state index is 13.9. The maximum atomic E-state index is 13.9. The van der Waals surface area contributed by atoms with Crippen molar-refractivity contribution < 1.29 is 23.6 Å². The van der Waals surface area contributed by atoms with Crippen LogP contribution in [0, 0.1) is 29.5 Å². The third kappa shape index (κ3) is 4.45. The normalized spacial score (nSPS) is 28.9. The Balaban J connectivity index is 1.59. The van der Waals surface area contributed by atoms with Crippen molar-refractivity contribution in [3.8, 4) is 0 Å². The number of carbonyl (C=O) groups excluding carboxylic acids is 4. The highest BCUT2D eigenvalue weighted by molar-refractivity contribution is 9.12. The number of rotatable bonds is 7. The zero-order chi connectivity index (χ0) is 26.6. The maximum Gasteiger partial charge on any atom is 0.273 e. The molecule has 3 fully saturated rings. The minimum atomic E-state index is -1.27. The second kappa shape index (κ2) is 10.4. The molecule has 7 atom stereocenters. The molecule has 11 heteroatoms. The number of fused-ring (bicyclic) bond motifs is 5. The van der Waals surface area contributed by atoms with E-state index < -0.39 is 47.2 Å². The Morgan fingerprint density at radius 1 is 0.946 bits per heavy atom. The SMILES string of the molecule is O=C(c1ccc(F)cc1)[C@H](CCCl)N(C(=O)c1ccc(Cl)cc1)N1C(=O)[C@@H]2[C@H]3C[C@@H]([C@H](Br)[C@H]3Br)[C@@H]2C1=O. The number of nitrogens with zero attached hydrogens (tertiary/aromatic N) is 2. The molecule has 3 aliphatic rings. The molecule has 1 aliphatic heterocycles. The monoisotopic (exact) mass is 672 g/mol. The molecule has 6 nitrogen and oxygen atoms in total. The van der Waals surface area contributed by atoms with E-state index in [9.17, 15) is 23.6 Å². The van der Waals surface area contributed by atoms with Gasteiger partial charge in [-0.2, -0.15) is 5.01 Å². The van der Waals surface area contributed by atoms with E-state index in [1.165, 1.54) is 36.4 Å². The van der Waals surface area contributed by atoms with Crippen molar-refractivity contribution in [3.63, 3.8) is 0 Å². The largest absolute Gasteiger partial charge is 0.292 e. The van der Waals surface area contributed by atoms with Gasteiger partial charge in [-0.15, -0.1) is 11.6 Å². The number of imide groups is 1. The van der Waals surface area contributed by atoms with Crippen LogP contribution in [0.3, 0.4) is 0 Å². The third-order valence-corrected chi connectivity index (χ3v) is 11.3. The van der Waals surface area contributed by atoms with Crippen molar-refractivity contribution in [2.45, 2.75) is 28.5 Å². The van der Waals surface area contributed by atoms with Crippen molar-refractivity contribution in [2.75, 3.05) is 5.88 Å². The molecule has 3 amide bonds. The predicted molar refractivity (Wildman–Crippen MR) is 143 cm³/mol. The number of halogens is 5. The van der Waals surface area contributed by atoms with Crippen LogP contribution in [0.5, 0.6) is 0 Å². The molecule has 1 saturated heterocycles. The van der Waals surface area contributed by atoms with E-state index in [1.54, 1.807) is 0 Å². The summed E-state index contributed by atoms with van der Waals surface area (Å²) < 4.78 is 13.5. The smallest absolute Gasteiger partial charge is 0.273 e. The molecular formula is C26H21Br2Cl2FN2O4. The lowest BCUT2D eigenvalue weighted by atomic mass is 9.81. The number of hydrogen-bond acceptors (Lipinski definition) is 4. The molecule has 2 saturated carbocycles. The van der Waals surface area contributed by atoms with Crippen LogP contribution in [0.1, 0.15) is 33.6 Å². The van der Waals surface area contributed by atoms with E-state index in [0.717, 1.165) is 28.6 Å². The number of carbonyl (C=O) groups is 4. The summed E-state index contributed by atoms with van der Waals surface area (Å²) in [7, 11) is 0. The Morgan fingerprint density at radius 3 is 1.97 bits per heavy atom. The second-order valence-corrected chi connectivity index (χ2v) is 12.4. The molecule has 1 heterocycles. The van der Waals surface area contributed by atoms with Crippen molar-refractivity contribution >= 4 is 78.6 Å². The molecule has 0 aromatic heterocycles. The van der Waals surface area contributed by atoms with E-state index in [-0.39, 0.29) is 44.9 Å². The minimum absolute atomic E-state index is 0.00959. The quantitative estimate of drug-likeness (QED) is 0.221. The van der Waals surface area contributed by atoms with Gasteiger partial charge in [-0.1, -0.05) is 43.5 Å². The molecule has 2 aromatic carbocycles. The van der Waals surface area contributed by atoms with Gasteiger partial charge in [-0.3, -0.25) is 19.2 Å². The van der Waals surface area contributed by atoms with Crippen LogP contribution in [0.25, 0.3) is 0 Å². The number of Topliss-reactive ketones (excluding diaryl/α,β-unsaturated/α-hetero) is 1. The lowest BCUT2D eigenvalue weighted by Crippen LogP contribution is -2.58. The molecular weight excluding hydrogens is 654 g/mol. The number of benzene rings is 2. The van der Waals surface area contributed by atoms with E-state index in [0.29, 0.717) is 5.02 Å². The van der Waals surface area contributed by atoms with Gasteiger partial charge in [0.05, 0.1) is 11.8 Å². The van der Waals surface area contributed by atoms with Crippen LogP contribution >= 0.6 is 55.1 Å². The lowest BCUT2D eigenvalue weighted by molar-refractivity contribution is -0.157. The topological polar surface area (TPSA) is 74.8 Å². The molecule has 5 rings (SSSR count). The highest BCUT2D eigenvalue weighted by atomic mass is 79.9. The first kappa shape index (κ1) is 26.8. The summed E-state index contributed by atoms with van der Waals surface area (Å²) in [6, 6.07) is 9.57. The average Bonchev–Trinajstić information content (AvgIpc) is 3.49. The van der Waals surface area contributed by atoms with Gasteiger partial charge in [0.25, 0.3) is 17.7 Å². The first-order valence-electron chi connectivity index (χ1n) is 11.8. The molecule has 2 bridgehead atoms.